The van der Waals surface area contributed by atoms with Crippen molar-refractivity contribution in [2.75, 3.05) is 26.3 Å². The predicted octanol–water partition coefficient (Wildman–Crippen LogP) is 2.90. The van der Waals surface area contributed by atoms with Crippen LogP contribution in [0.2, 0.25) is 0 Å². The molecule has 0 amide bonds. The SMILES string of the molecule is CCCC(C)(C(=O)c1ccc(F)cc1)N1CCOCC1. The van der Waals surface area contributed by atoms with Crippen LogP contribution < -0.4 is 0 Å². The van der Waals surface area contributed by atoms with Crippen LogP contribution in [0, 0.1) is 5.82 Å². The van der Waals surface area contributed by atoms with Gasteiger partial charge in [0.05, 0.1) is 18.8 Å². The summed E-state index contributed by atoms with van der Waals surface area (Å²) in [6.45, 7) is 6.93. The molecule has 1 aliphatic rings. The molecule has 110 valence electrons. The second-order valence-corrected chi connectivity index (χ2v) is 5.46. The summed E-state index contributed by atoms with van der Waals surface area (Å²) in [6, 6.07) is 5.84. The van der Waals surface area contributed by atoms with Crippen molar-refractivity contribution >= 4 is 5.78 Å². The fourth-order valence-electron chi connectivity index (χ4n) is 2.87. The first kappa shape index (κ1) is 15.1. The van der Waals surface area contributed by atoms with Gasteiger partial charge in [-0.1, -0.05) is 13.3 Å². The third kappa shape index (κ3) is 3.07. The van der Waals surface area contributed by atoms with Gasteiger partial charge < -0.3 is 4.74 Å². The third-order valence-corrected chi connectivity index (χ3v) is 4.04. The highest BCUT2D eigenvalue weighted by Gasteiger charge is 2.39. The number of ether oxygens (including phenoxy) is 1. The van der Waals surface area contributed by atoms with Crippen molar-refractivity contribution in [2.24, 2.45) is 0 Å². The number of hydrogen-bond acceptors (Lipinski definition) is 3. The Hall–Kier alpha value is -1.26. The minimum atomic E-state index is -0.531. The van der Waals surface area contributed by atoms with Crippen LogP contribution in [0.25, 0.3) is 0 Å². The molecule has 0 spiro atoms. The Bertz CT molecular complexity index is 454. The van der Waals surface area contributed by atoms with Gasteiger partial charge in [-0.2, -0.15) is 0 Å². The highest BCUT2D eigenvalue weighted by molar-refractivity contribution is 6.03. The lowest BCUT2D eigenvalue weighted by Gasteiger charge is -2.42. The molecular formula is C16H22FNO2. The summed E-state index contributed by atoms with van der Waals surface area (Å²) in [4.78, 5) is 15.1. The van der Waals surface area contributed by atoms with Crippen molar-refractivity contribution in [1.82, 2.24) is 4.90 Å². The summed E-state index contributed by atoms with van der Waals surface area (Å²) in [7, 11) is 0. The Morgan fingerprint density at radius 3 is 2.45 bits per heavy atom. The number of rotatable bonds is 5. The van der Waals surface area contributed by atoms with Crippen molar-refractivity contribution in [3.63, 3.8) is 0 Å². The Morgan fingerprint density at radius 1 is 1.30 bits per heavy atom. The van der Waals surface area contributed by atoms with E-state index in [2.05, 4.69) is 11.8 Å². The normalized spacial score (nSPS) is 19.6. The van der Waals surface area contributed by atoms with Gasteiger partial charge in [-0.05, 0) is 37.6 Å². The van der Waals surface area contributed by atoms with Crippen LogP contribution in [0.4, 0.5) is 4.39 Å². The van der Waals surface area contributed by atoms with E-state index < -0.39 is 5.54 Å². The van der Waals surface area contributed by atoms with E-state index in [-0.39, 0.29) is 11.6 Å². The molecule has 1 saturated heterocycles. The predicted molar refractivity (Wildman–Crippen MR) is 76.4 cm³/mol. The molecule has 0 N–H and O–H groups in total. The van der Waals surface area contributed by atoms with Gasteiger partial charge in [0.2, 0.25) is 0 Å². The molecule has 0 radical (unpaired) electrons. The Morgan fingerprint density at radius 2 is 1.90 bits per heavy atom. The Balaban J connectivity index is 2.26. The monoisotopic (exact) mass is 279 g/mol. The number of morpholine rings is 1. The number of nitrogens with zero attached hydrogens (tertiary/aromatic N) is 1. The van der Waals surface area contributed by atoms with Gasteiger partial charge in [-0.3, -0.25) is 9.69 Å². The number of carbonyl (C=O) groups excluding carboxylic acids is 1. The third-order valence-electron chi connectivity index (χ3n) is 4.04. The van der Waals surface area contributed by atoms with E-state index in [4.69, 9.17) is 4.74 Å². The lowest BCUT2D eigenvalue weighted by molar-refractivity contribution is -0.0122. The zero-order chi connectivity index (χ0) is 14.6. The van der Waals surface area contributed by atoms with Crippen molar-refractivity contribution in [3.05, 3.63) is 35.6 Å². The van der Waals surface area contributed by atoms with Crippen LogP contribution in [0.5, 0.6) is 0 Å². The van der Waals surface area contributed by atoms with Crippen LogP contribution in [0.15, 0.2) is 24.3 Å². The topological polar surface area (TPSA) is 29.5 Å². The van der Waals surface area contributed by atoms with Crippen LogP contribution in [-0.2, 0) is 4.74 Å². The molecule has 0 saturated carbocycles. The highest BCUT2D eigenvalue weighted by Crippen LogP contribution is 2.27. The molecule has 1 atom stereocenters. The molecule has 1 aliphatic heterocycles. The number of benzene rings is 1. The minimum absolute atomic E-state index is 0.0706. The molecule has 1 heterocycles. The standard InChI is InChI=1S/C16H22FNO2/c1-3-8-16(2,18-9-11-20-12-10-18)15(19)13-4-6-14(17)7-5-13/h4-7H,3,8-12H2,1-2H3. The van der Waals surface area contributed by atoms with Crippen molar-refractivity contribution in [2.45, 2.75) is 32.2 Å². The van der Waals surface area contributed by atoms with Crippen LogP contribution in [-0.4, -0.2) is 42.5 Å². The first-order chi connectivity index (χ1) is 9.58. The van der Waals surface area contributed by atoms with Crippen LogP contribution in [0.1, 0.15) is 37.0 Å². The molecule has 0 aromatic heterocycles. The summed E-state index contributed by atoms with van der Waals surface area (Å²) >= 11 is 0. The van der Waals surface area contributed by atoms with E-state index in [0.717, 1.165) is 25.9 Å². The number of carbonyl (C=O) groups is 1. The lowest BCUT2D eigenvalue weighted by Crippen LogP contribution is -2.56. The first-order valence-electron chi connectivity index (χ1n) is 7.21. The Labute approximate surface area is 119 Å². The zero-order valence-corrected chi connectivity index (χ0v) is 12.2. The van der Waals surface area contributed by atoms with E-state index in [1.807, 2.05) is 6.92 Å². The molecule has 1 aromatic rings. The summed E-state index contributed by atoms with van der Waals surface area (Å²) in [5.41, 5.74) is 0.0462. The maximum absolute atomic E-state index is 13.0. The molecule has 0 aliphatic carbocycles. The minimum Gasteiger partial charge on any atom is -0.379 e. The molecule has 1 fully saturated rings. The van der Waals surface area contributed by atoms with Gasteiger partial charge in [-0.15, -0.1) is 0 Å². The molecule has 2 rings (SSSR count). The largest absolute Gasteiger partial charge is 0.379 e. The van der Waals surface area contributed by atoms with Gasteiger partial charge in [-0.25, -0.2) is 4.39 Å². The fourth-order valence-corrected chi connectivity index (χ4v) is 2.87. The molecular weight excluding hydrogens is 257 g/mol. The van der Waals surface area contributed by atoms with E-state index in [1.165, 1.54) is 12.1 Å². The lowest BCUT2D eigenvalue weighted by atomic mass is 9.85. The van der Waals surface area contributed by atoms with Gasteiger partial charge in [0.1, 0.15) is 5.82 Å². The maximum Gasteiger partial charge on any atom is 0.182 e. The van der Waals surface area contributed by atoms with E-state index in [0.29, 0.717) is 18.8 Å². The molecule has 3 nitrogen and oxygen atoms in total. The van der Waals surface area contributed by atoms with Crippen LogP contribution in [0.3, 0.4) is 0 Å². The van der Waals surface area contributed by atoms with Gasteiger partial charge in [0.15, 0.2) is 5.78 Å². The molecule has 0 bridgehead atoms. The van der Waals surface area contributed by atoms with E-state index in [9.17, 15) is 9.18 Å². The number of halogens is 1. The van der Waals surface area contributed by atoms with Crippen molar-refractivity contribution < 1.29 is 13.9 Å². The Kier molecular flexibility index (Phi) is 4.89. The average molecular weight is 279 g/mol. The summed E-state index contributed by atoms with van der Waals surface area (Å²) < 4.78 is 18.4. The average Bonchev–Trinajstić information content (AvgIpc) is 2.48. The van der Waals surface area contributed by atoms with Crippen molar-refractivity contribution in [3.8, 4) is 0 Å². The summed E-state index contributed by atoms with van der Waals surface area (Å²) in [6.07, 6.45) is 1.73. The molecule has 1 aromatic carbocycles. The molecule has 4 heteroatoms. The van der Waals surface area contributed by atoms with Crippen LogP contribution >= 0.6 is 0 Å². The highest BCUT2D eigenvalue weighted by atomic mass is 19.1. The number of Topliss-reactive ketones (excluding diaryl/α,β-unsaturated/α-hetero) is 1. The number of hydrogen-bond donors (Lipinski definition) is 0. The van der Waals surface area contributed by atoms with Crippen molar-refractivity contribution in [1.29, 1.82) is 0 Å². The van der Waals surface area contributed by atoms with E-state index in [1.54, 1.807) is 12.1 Å². The smallest absolute Gasteiger partial charge is 0.182 e. The quantitative estimate of drug-likeness (QED) is 0.776. The maximum atomic E-state index is 13.0. The first-order valence-corrected chi connectivity index (χ1v) is 7.21. The van der Waals surface area contributed by atoms with Gasteiger partial charge in [0, 0.05) is 18.7 Å². The molecule has 20 heavy (non-hydrogen) atoms. The second-order valence-electron chi connectivity index (χ2n) is 5.46. The van der Waals surface area contributed by atoms with Gasteiger partial charge in [0.25, 0.3) is 0 Å². The molecule has 1 unspecified atom stereocenters. The fraction of sp³-hybridized carbons (Fsp3) is 0.562. The summed E-state index contributed by atoms with van der Waals surface area (Å²) in [5.74, 6) is -0.244. The number of ketones is 1. The second kappa shape index (κ2) is 6.46. The summed E-state index contributed by atoms with van der Waals surface area (Å²) in [5, 5.41) is 0. The van der Waals surface area contributed by atoms with E-state index >= 15 is 0 Å². The van der Waals surface area contributed by atoms with Gasteiger partial charge >= 0.3 is 0 Å². The zero-order valence-electron chi connectivity index (χ0n) is 12.2.